The van der Waals surface area contributed by atoms with Crippen LogP contribution in [0.4, 0.5) is 0 Å². The second kappa shape index (κ2) is 6.19. The molecule has 0 amide bonds. The van der Waals surface area contributed by atoms with Gasteiger partial charge in [-0.3, -0.25) is 4.57 Å². The third-order valence-corrected chi connectivity index (χ3v) is 5.70. The predicted octanol–water partition coefficient (Wildman–Crippen LogP) is 4.41. The van der Waals surface area contributed by atoms with Crippen LogP contribution in [0.15, 0.2) is 0 Å². The Morgan fingerprint density at radius 2 is 1.93 bits per heavy atom. The smallest absolute Gasteiger partial charge is 0.254 e. The molecule has 0 aliphatic heterocycles. The highest BCUT2D eigenvalue weighted by molar-refractivity contribution is 8.56. The van der Waals surface area contributed by atoms with E-state index in [1.807, 2.05) is 6.92 Å². The largest absolute Gasteiger partial charge is 0.322 e. The van der Waals surface area contributed by atoms with Crippen molar-refractivity contribution in [1.29, 1.82) is 0 Å². The Bertz CT molecular complexity index is 199. The first kappa shape index (κ1) is 14.5. The summed E-state index contributed by atoms with van der Waals surface area (Å²) < 4.78 is 16.9. The monoisotopic (exact) mass is 238 g/mol. The van der Waals surface area contributed by atoms with Crippen molar-refractivity contribution < 1.29 is 9.09 Å². The first-order valence-corrected chi connectivity index (χ1v) is 8.80. The van der Waals surface area contributed by atoms with Gasteiger partial charge in [0.15, 0.2) is 0 Å². The van der Waals surface area contributed by atoms with Crippen molar-refractivity contribution in [3.05, 3.63) is 0 Å². The fourth-order valence-corrected chi connectivity index (χ4v) is 4.18. The van der Waals surface area contributed by atoms with E-state index in [9.17, 15) is 4.57 Å². The van der Waals surface area contributed by atoms with Gasteiger partial charge in [0.2, 0.25) is 0 Å². The molecule has 0 heterocycles. The quantitative estimate of drug-likeness (QED) is 0.506. The minimum Gasteiger partial charge on any atom is -0.322 e. The third kappa shape index (κ3) is 9.11. The third-order valence-electron chi connectivity index (χ3n) is 1.76. The van der Waals surface area contributed by atoms with Crippen LogP contribution in [0.3, 0.4) is 0 Å². The zero-order valence-electron chi connectivity index (χ0n) is 10.0. The van der Waals surface area contributed by atoms with Crippen molar-refractivity contribution in [2.45, 2.75) is 40.5 Å². The summed E-state index contributed by atoms with van der Waals surface area (Å²) in [5.41, 5.74) is 0.379. The maximum atomic E-state index is 11.7. The van der Waals surface area contributed by atoms with Gasteiger partial charge in [0, 0.05) is 12.4 Å². The second-order valence-electron chi connectivity index (χ2n) is 4.69. The van der Waals surface area contributed by atoms with Crippen LogP contribution < -0.4 is 0 Å². The SMILES string of the molecule is CCOP(C)(=O)SCCCC(C)(C)C. The lowest BCUT2D eigenvalue weighted by Gasteiger charge is -2.18. The highest BCUT2D eigenvalue weighted by Crippen LogP contribution is 2.56. The fourth-order valence-electron chi connectivity index (χ4n) is 1.10. The molecular weight excluding hydrogens is 215 g/mol. The normalized spacial score (nSPS) is 16.6. The van der Waals surface area contributed by atoms with E-state index in [4.69, 9.17) is 4.52 Å². The summed E-state index contributed by atoms with van der Waals surface area (Å²) >= 11 is 1.48. The van der Waals surface area contributed by atoms with Crippen LogP contribution in [0.25, 0.3) is 0 Å². The van der Waals surface area contributed by atoms with Gasteiger partial charge in [0.05, 0.1) is 6.61 Å². The summed E-state index contributed by atoms with van der Waals surface area (Å²) in [7, 11) is 0. The van der Waals surface area contributed by atoms with Gasteiger partial charge >= 0.3 is 0 Å². The molecule has 0 aliphatic carbocycles. The Morgan fingerprint density at radius 3 is 2.36 bits per heavy atom. The predicted molar refractivity (Wildman–Crippen MR) is 66.3 cm³/mol. The fraction of sp³-hybridized carbons (Fsp3) is 1.00. The summed E-state index contributed by atoms with van der Waals surface area (Å²) in [5.74, 6) is 0.936. The van der Waals surface area contributed by atoms with Crippen molar-refractivity contribution in [3.63, 3.8) is 0 Å². The Hall–Kier alpha value is 0.540. The zero-order valence-corrected chi connectivity index (χ0v) is 11.7. The molecule has 0 rings (SSSR count). The molecule has 0 saturated carbocycles. The Balaban J connectivity index is 3.59. The van der Waals surface area contributed by atoms with E-state index in [1.54, 1.807) is 6.66 Å². The van der Waals surface area contributed by atoms with Crippen LogP contribution >= 0.6 is 18.0 Å². The molecule has 1 atom stereocenters. The van der Waals surface area contributed by atoms with E-state index in [1.165, 1.54) is 17.8 Å². The van der Waals surface area contributed by atoms with Gasteiger partial charge in [-0.15, -0.1) is 0 Å². The molecule has 2 nitrogen and oxygen atoms in total. The molecule has 0 spiro atoms. The molecule has 0 fully saturated rings. The van der Waals surface area contributed by atoms with E-state index in [2.05, 4.69) is 20.8 Å². The van der Waals surface area contributed by atoms with Gasteiger partial charge in [-0.25, -0.2) is 0 Å². The maximum absolute atomic E-state index is 11.7. The van der Waals surface area contributed by atoms with Crippen molar-refractivity contribution in [3.8, 4) is 0 Å². The molecule has 1 unspecified atom stereocenters. The molecule has 0 aromatic rings. The maximum Gasteiger partial charge on any atom is 0.254 e. The van der Waals surface area contributed by atoms with Crippen molar-refractivity contribution in [2.75, 3.05) is 19.0 Å². The van der Waals surface area contributed by atoms with Crippen LogP contribution in [0, 0.1) is 5.41 Å². The van der Waals surface area contributed by atoms with E-state index in [0.29, 0.717) is 12.0 Å². The molecule has 14 heavy (non-hydrogen) atoms. The topological polar surface area (TPSA) is 26.3 Å². The Morgan fingerprint density at radius 1 is 1.36 bits per heavy atom. The van der Waals surface area contributed by atoms with Gasteiger partial charge in [0.25, 0.3) is 6.57 Å². The number of rotatable bonds is 6. The van der Waals surface area contributed by atoms with Gasteiger partial charge in [-0.05, 0) is 25.2 Å². The Labute approximate surface area is 92.4 Å². The molecule has 86 valence electrons. The summed E-state index contributed by atoms with van der Waals surface area (Å²) in [6, 6.07) is 0. The molecule has 0 aliphatic rings. The molecule has 0 radical (unpaired) electrons. The minimum atomic E-state index is -2.36. The Kier molecular flexibility index (Phi) is 6.43. The van der Waals surface area contributed by atoms with Gasteiger partial charge in [-0.2, -0.15) is 0 Å². The van der Waals surface area contributed by atoms with E-state index in [0.717, 1.165) is 12.2 Å². The first-order valence-electron chi connectivity index (χ1n) is 5.13. The summed E-state index contributed by atoms with van der Waals surface area (Å²) in [6.45, 7) is 8.46. The number of hydrogen-bond acceptors (Lipinski definition) is 3. The van der Waals surface area contributed by atoms with E-state index >= 15 is 0 Å². The molecule has 0 bridgehead atoms. The average molecular weight is 238 g/mol. The molecule has 0 saturated heterocycles. The van der Waals surface area contributed by atoms with Gasteiger partial charge < -0.3 is 4.52 Å². The molecule has 0 N–H and O–H groups in total. The second-order valence-corrected chi connectivity index (χ2v) is 9.92. The van der Waals surface area contributed by atoms with Crippen LogP contribution in [0.2, 0.25) is 0 Å². The van der Waals surface area contributed by atoms with Crippen LogP contribution in [-0.4, -0.2) is 19.0 Å². The van der Waals surface area contributed by atoms with Crippen LogP contribution in [0.5, 0.6) is 0 Å². The van der Waals surface area contributed by atoms with Gasteiger partial charge in [-0.1, -0.05) is 32.2 Å². The lowest BCUT2D eigenvalue weighted by atomic mass is 9.91. The highest BCUT2D eigenvalue weighted by Gasteiger charge is 2.16. The number of hydrogen-bond donors (Lipinski definition) is 0. The van der Waals surface area contributed by atoms with Crippen LogP contribution in [-0.2, 0) is 9.09 Å². The molecular formula is C10H23O2PS. The van der Waals surface area contributed by atoms with Crippen molar-refractivity contribution in [2.24, 2.45) is 5.41 Å². The summed E-state index contributed by atoms with van der Waals surface area (Å²) in [4.78, 5) is 0. The van der Waals surface area contributed by atoms with E-state index in [-0.39, 0.29) is 0 Å². The van der Waals surface area contributed by atoms with Crippen molar-refractivity contribution in [1.82, 2.24) is 0 Å². The molecule has 0 aromatic heterocycles. The molecule has 4 heteroatoms. The first-order chi connectivity index (χ1) is 6.27. The zero-order chi connectivity index (χ0) is 11.2. The lowest BCUT2D eigenvalue weighted by Crippen LogP contribution is -2.04. The summed E-state index contributed by atoms with van der Waals surface area (Å²) in [6.07, 6.45) is 2.28. The standard InChI is InChI=1S/C10H23O2PS/c1-6-12-13(5,11)14-9-7-8-10(2,3)4/h6-9H2,1-5H3. The van der Waals surface area contributed by atoms with Gasteiger partial charge in [0.1, 0.15) is 0 Å². The minimum absolute atomic E-state index is 0.379. The average Bonchev–Trinajstić information content (AvgIpc) is 1.96. The summed E-state index contributed by atoms with van der Waals surface area (Å²) in [5, 5.41) is 0. The highest BCUT2D eigenvalue weighted by atomic mass is 32.7. The van der Waals surface area contributed by atoms with Crippen LogP contribution in [0.1, 0.15) is 40.5 Å². The van der Waals surface area contributed by atoms with E-state index < -0.39 is 6.57 Å². The lowest BCUT2D eigenvalue weighted by molar-refractivity contribution is 0.349. The van der Waals surface area contributed by atoms with Crippen molar-refractivity contribution >= 4 is 18.0 Å². The molecule has 0 aromatic carbocycles.